The van der Waals surface area contributed by atoms with Crippen LogP contribution in [0.3, 0.4) is 0 Å². The Labute approximate surface area is 98.8 Å². The second-order valence-corrected chi connectivity index (χ2v) is 4.16. The largest absolute Gasteiger partial charge is 0.465 e. The molecule has 0 bridgehead atoms. The van der Waals surface area contributed by atoms with Crippen LogP contribution in [-0.4, -0.2) is 30.4 Å². The van der Waals surface area contributed by atoms with Crippen LogP contribution in [0.1, 0.15) is 19.8 Å². The van der Waals surface area contributed by atoms with Crippen molar-refractivity contribution in [3.05, 3.63) is 12.2 Å². The van der Waals surface area contributed by atoms with Crippen LogP contribution in [-0.2, 0) is 23.9 Å². The molecule has 1 saturated carbocycles. The standard InChI is InChI=1S/C12H14O5/c1-2-16-12(15)11-7(3-4-8(11)13)9-5-6-10(14)17-9/h5-7,9,11H,2-4H2,1H3/t7-,9-,11?/m1/s1. The third-order valence-electron chi connectivity index (χ3n) is 3.14. The van der Waals surface area contributed by atoms with Gasteiger partial charge in [-0.2, -0.15) is 0 Å². The van der Waals surface area contributed by atoms with E-state index in [2.05, 4.69) is 0 Å². The number of esters is 2. The lowest BCUT2D eigenvalue weighted by atomic mass is 9.90. The van der Waals surface area contributed by atoms with Crippen LogP contribution < -0.4 is 0 Å². The highest BCUT2D eigenvalue weighted by molar-refractivity contribution is 6.01. The van der Waals surface area contributed by atoms with Crippen molar-refractivity contribution in [2.75, 3.05) is 6.61 Å². The molecule has 1 aliphatic heterocycles. The Kier molecular flexibility index (Phi) is 3.26. The molecular weight excluding hydrogens is 224 g/mol. The SMILES string of the molecule is CCOC(=O)C1C(=O)CC[C@@H]1[C@H]1C=CC(=O)O1. The predicted octanol–water partition coefficient (Wildman–Crippen LogP) is 0.626. The van der Waals surface area contributed by atoms with E-state index in [9.17, 15) is 14.4 Å². The fourth-order valence-electron chi connectivity index (χ4n) is 2.38. The van der Waals surface area contributed by atoms with Crippen LogP contribution in [0.4, 0.5) is 0 Å². The molecule has 0 aromatic rings. The van der Waals surface area contributed by atoms with Crippen molar-refractivity contribution in [3.8, 4) is 0 Å². The monoisotopic (exact) mass is 238 g/mol. The van der Waals surface area contributed by atoms with E-state index in [1.807, 2.05) is 0 Å². The summed E-state index contributed by atoms with van der Waals surface area (Å²) >= 11 is 0. The summed E-state index contributed by atoms with van der Waals surface area (Å²) in [7, 11) is 0. The van der Waals surface area contributed by atoms with Gasteiger partial charge in [0.05, 0.1) is 6.61 Å². The van der Waals surface area contributed by atoms with Gasteiger partial charge in [-0.05, 0) is 19.4 Å². The lowest BCUT2D eigenvalue weighted by Crippen LogP contribution is -2.33. The van der Waals surface area contributed by atoms with E-state index < -0.39 is 24.0 Å². The highest BCUT2D eigenvalue weighted by Gasteiger charge is 2.46. The average Bonchev–Trinajstić information content (AvgIpc) is 2.85. The first-order valence-corrected chi connectivity index (χ1v) is 5.71. The number of ether oxygens (including phenoxy) is 2. The van der Waals surface area contributed by atoms with Gasteiger partial charge in [-0.1, -0.05) is 0 Å². The molecule has 1 unspecified atom stereocenters. The molecular formula is C12H14O5. The van der Waals surface area contributed by atoms with Crippen LogP contribution in [0.2, 0.25) is 0 Å². The van der Waals surface area contributed by atoms with Crippen molar-refractivity contribution in [1.82, 2.24) is 0 Å². The zero-order valence-electron chi connectivity index (χ0n) is 9.55. The first kappa shape index (κ1) is 11.8. The van der Waals surface area contributed by atoms with Crippen molar-refractivity contribution < 1.29 is 23.9 Å². The van der Waals surface area contributed by atoms with Crippen LogP contribution >= 0.6 is 0 Å². The summed E-state index contributed by atoms with van der Waals surface area (Å²) < 4.78 is 9.93. The molecule has 1 fully saturated rings. The Hall–Kier alpha value is -1.65. The highest BCUT2D eigenvalue weighted by atomic mass is 16.5. The van der Waals surface area contributed by atoms with Crippen LogP contribution in [0.5, 0.6) is 0 Å². The molecule has 1 heterocycles. The number of hydrogen-bond acceptors (Lipinski definition) is 5. The molecule has 0 radical (unpaired) electrons. The zero-order valence-corrected chi connectivity index (χ0v) is 9.55. The van der Waals surface area contributed by atoms with Gasteiger partial charge in [0.15, 0.2) is 0 Å². The number of rotatable bonds is 3. The lowest BCUT2D eigenvalue weighted by Gasteiger charge is -2.21. The van der Waals surface area contributed by atoms with Gasteiger partial charge in [0.25, 0.3) is 0 Å². The summed E-state index contributed by atoms with van der Waals surface area (Å²) in [5, 5.41) is 0. The highest BCUT2D eigenvalue weighted by Crippen LogP contribution is 2.35. The number of carbonyl (C=O) groups is 3. The second-order valence-electron chi connectivity index (χ2n) is 4.16. The molecule has 0 N–H and O–H groups in total. The fourth-order valence-corrected chi connectivity index (χ4v) is 2.38. The van der Waals surface area contributed by atoms with Crippen molar-refractivity contribution >= 4 is 17.7 Å². The van der Waals surface area contributed by atoms with Crippen molar-refractivity contribution in [3.63, 3.8) is 0 Å². The molecule has 0 spiro atoms. The molecule has 17 heavy (non-hydrogen) atoms. The van der Waals surface area contributed by atoms with E-state index in [0.717, 1.165) is 0 Å². The zero-order chi connectivity index (χ0) is 12.4. The van der Waals surface area contributed by atoms with Crippen LogP contribution in [0.15, 0.2) is 12.2 Å². The fraction of sp³-hybridized carbons (Fsp3) is 0.583. The molecule has 5 nitrogen and oxygen atoms in total. The third-order valence-corrected chi connectivity index (χ3v) is 3.14. The molecule has 0 saturated heterocycles. The summed E-state index contributed by atoms with van der Waals surface area (Å²) in [6.45, 7) is 1.94. The molecule has 3 atom stereocenters. The Morgan fingerprint density at radius 3 is 2.88 bits per heavy atom. The van der Waals surface area contributed by atoms with E-state index in [1.165, 1.54) is 6.08 Å². The summed E-state index contributed by atoms with van der Waals surface area (Å²) in [6, 6.07) is 0. The van der Waals surface area contributed by atoms with Gasteiger partial charge in [0, 0.05) is 18.4 Å². The van der Waals surface area contributed by atoms with Gasteiger partial charge in [0.1, 0.15) is 17.8 Å². The maximum atomic E-state index is 11.7. The number of ketones is 1. The van der Waals surface area contributed by atoms with E-state index in [1.54, 1.807) is 13.0 Å². The molecule has 92 valence electrons. The lowest BCUT2D eigenvalue weighted by molar-refractivity contribution is -0.156. The molecule has 0 aromatic carbocycles. The first-order valence-electron chi connectivity index (χ1n) is 5.71. The van der Waals surface area contributed by atoms with Gasteiger partial charge in [0.2, 0.25) is 0 Å². The topological polar surface area (TPSA) is 69.7 Å². The molecule has 2 aliphatic rings. The Morgan fingerprint density at radius 2 is 2.29 bits per heavy atom. The van der Waals surface area contributed by atoms with Gasteiger partial charge in [-0.3, -0.25) is 9.59 Å². The quantitative estimate of drug-likeness (QED) is 0.532. The number of hydrogen-bond donors (Lipinski definition) is 0. The van der Waals surface area contributed by atoms with E-state index in [0.29, 0.717) is 12.8 Å². The summed E-state index contributed by atoms with van der Waals surface area (Å²) in [6.07, 6.45) is 3.37. The molecule has 2 rings (SSSR count). The Bertz CT molecular complexity index is 384. The molecule has 1 aliphatic carbocycles. The summed E-state index contributed by atoms with van der Waals surface area (Å²) in [5.41, 5.74) is 0. The number of cyclic esters (lactones) is 1. The van der Waals surface area contributed by atoms with Crippen LogP contribution in [0.25, 0.3) is 0 Å². The Morgan fingerprint density at radius 1 is 1.53 bits per heavy atom. The number of carbonyl (C=O) groups excluding carboxylic acids is 3. The summed E-state index contributed by atoms with van der Waals surface area (Å²) in [5.74, 6) is -2.10. The van der Waals surface area contributed by atoms with Crippen LogP contribution in [0, 0.1) is 11.8 Å². The van der Waals surface area contributed by atoms with E-state index in [-0.39, 0.29) is 18.3 Å². The normalized spacial score (nSPS) is 31.7. The number of Topliss-reactive ketones (excluding diaryl/α,β-unsaturated/α-hetero) is 1. The minimum absolute atomic E-state index is 0.121. The van der Waals surface area contributed by atoms with Gasteiger partial charge in [-0.25, -0.2) is 4.79 Å². The molecule has 0 amide bonds. The van der Waals surface area contributed by atoms with Crippen molar-refractivity contribution in [2.24, 2.45) is 11.8 Å². The Balaban J connectivity index is 2.11. The van der Waals surface area contributed by atoms with Crippen molar-refractivity contribution in [2.45, 2.75) is 25.9 Å². The smallest absolute Gasteiger partial charge is 0.331 e. The second kappa shape index (κ2) is 4.69. The minimum Gasteiger partial charge on any atom is -0.465 e. The van der Waals surface area contributed by atoms with Crippen molar-refractivity contribution in [1.29, 1.82) is 0 Å². The van der Waals surface area contributed by atoms with Gasteiger partial charge in [-0.15, -0.1) is 0 Å². The molecule has 5 heteroatoms. The third kappa shape index (κ3) is 2.23. The molecule has 0 aromatic heterocycles. The van der Waals surface area contributed by atoms with E-state index >= 15 is 0 Å². The predicted molar refractivity (Wildman–Crippen MR) is 56.9 cm³/mol. The minimum atomic E-state index is -0.782. The van der Waals surface area contributed by atoms with E-state index in [4.69, 9.17) is 9.47 Å². The summed E-state index contributed by atoms with van der Waals surface area (Å²) in [4.78, 5) is 34.4. The maximum Gasteiger partial charge on any atom is 0.331 e. The van der Waals surface area contributed by atoms with Gasteiger partial charge < -0.3 is 9.47 Å². The maximum absolute atomic E-state index is 11.7. The average molecular weight is 238 g/mol. The van der Waals surface area contributed by atoms with Gasteiger partial charge >= 0.3 is 11.9 Å². The first-order chi connectivity index (χ1) is 8.13.